The first kappa shape index (κ1) is 9.64. The first-order valence-electron chi connectivity index (χ1n) is 4.92. The number of anilines is 1. The summed E-state index contributed by atoms with van der Waals surface area (Å²) >= 11 is 0. The zero-order chi connectivity index (χ0) is 10.7. The Morgan fingerprint density at radius 3 is 2.93 bits per heavy atom. The molecule has 5 nitrogen and oxygen atoms in total. The Balaban J connectivity index is 2.40. The molecule has 15 heavy (non-hydrogen) atoms. The molecule has 0 aliphatic heterocycles. The number of nitrogen functional groups attached to an aromatic ring is 1. The number of aromatic nitrogens is 4. The highest BCUT2D eigenvalue weighted by atomic mass is 15.0. The fraction of sp³-hybridized carbons (Fsp3) is 0.300. The number of aryl methyl sites for hydroxylation is 1. The van der Waals surface area contributed by atoms with Crippen LogP contribution in [0.15, 0.2) is 18.5 Å². The molecule has 0 bridgehead atoms. The van der Waals surface area contributed by atoms with Crippen molar-refractivity contribution in [2.45, 2.75) is 19.8 Å². The van der Waals surface area contributed by atoms with Gasteiger partial charge in [-0.25, -0.2) is 15.0 Å². The summed E-state index contributed by atoms with van der Waals surface area (Å²) in [6.45, 7) is 2.10. The van der Waals surface area contributed by atoms with Crippen molar-refractivity contribution in [3.63, 3.8) is 0 Å². The maximum atomic E-state index is 5.70. The number of H-pyrrole nitrogens is 1. The molecule has 0 saturated heterocycles. The zero-order valence-corrected chi connectivity index (χ0v) is 8.57. The number of hydrogen-bond acceptors (Lipinski definition) is 4. The van der Waals surface area contributed by atoms with Crippen LogP contribution in [0.1, 0.15) is 19.0 Å². The molecule has 0 atom stereocenters. The molecule has 5 heteroatoms. The van der Waals surface area contributed by atoms with Gasteiger partial charge in [0.05, 0.1) is 0 Å². The summed E-state index contributed by atoms with van der Waals surface area (Å²) in [6, 6.07) is 1.80. The van der Waals surface area contributed by atoms with Crippen molar-refractivity contribution in [2.24, 2.45) is 0 Å². The molecule has 78 valence electrons. The van der Waals surface area contributed by atoms with Crippen LogP contribution in [0.4, 0.5) is 5.82 Å². The predicted octanol–water partition coefficient (Wildman–Crippen LogP) is 1.40. The summed E-state index contributed by atoms with van der Waals surface area (Å²) in [5, 5.41) is 0. The van der Waals surface area contributed by atoms with Crippen LogP contribution in [0.5, 0.6) is 0 Å². The highest BCUT2D eigenvalue weighted by Gasteiger charge is 2.06. The molecule has 0 fully saturated rings. The third-order valence-corrected chi connectivity index (χ3v) is 2.02. The van der Waals surface area contributed by atoms with Crippen molar-refractivity contribution in [3.05, 3.63) is 24.2 Å². The van der Waals surface area contributed by atoms with E-state index < -0.39 is 0 Å². The van der Waals surface area contributed by atoms with Crippen LogP contribution in [0, 0.1) is 0 Å². The van der Waals surface area contributed by atoms with Crippen LogP contribution in [-0.4, -0.2) is 19.9 Å². The first-order valence-corrected chi connectivity index (χ1v) is 4.92. The van der Waals surface area contributed by atoms with Crippen LogP contribution < -0.4 is 5.73 Å². The van der Waals surface area contributed by atoms with Gasteiger partial charge >= 0.3 is 0 Å². The Labute approximate surface area is 87.8 Å². The van der Waals surface area contributed by atoms with Crippen molar-refractivity contribution in [1.82, 2.24) is 19.9 Å². The molecular weight excluding hydrogens is 190 g/mol. The van der Waals surface area contributed by atoms with Gasteiger partial charge in [0.2, 0.25) is 0 Å². The van der Waals surface area contributed by atoms with Gasteiger partial charge in [-0.2, -0.15) is 0 Å². The monoisotopic (exact) mass is 203 g/mol. The molecule has 2 aromatic heterocycles. The topological polar surface area (TPSA) is 80.5 Å². The largest absolute Gasteiger partial charge is 0.384 e. The van der Waals surface area contributed by atoms with Gasteiger partial charge in [0.1, 0.15) is 5.82 Å². The number of imidazole rings is 1. The zero-order valence-electron chi connectivity index (χ0n) is 8.57. The lowest BCUT2D eigenvalue weighted by molar-refractivity contribution is 0.874. The summed E-state index contributed by atoms with van der Waals surface area (Å²) < 4.78 is 0. The minimum absolute atomic E-state index is 0.486. The molecule has 0 aliphatic rings. The molecule has 0 amide bonds. The van der Waals surface area contributed by atoms with E-state index in [-0.39, 0.29) is 0 Å². The molecular formula is C10H13N5. The van der Waals surface area contributed by atoms with Gasteiger partial charge < -0.3 is 10.7 Å². The number of hydrogen-bond donors (Lipinski definition) is 2. The van der Waals surface area contributed by atoms with Crippen LogP contribution in [0.3, 0.4) is 0 Å². The highest BCUT2D eigenvalue weighted by Crippen LogP contribution is 2.12. The average molecular weight is 203 g/mol. The second-order valence-electron chi connectivity index (χ2n) is 3.30. The maximum absolute atomic E-state index is 5.70. The third-order valence-electron chi connectivity index (χ3n) is 2.02. The summed E-state index contributed by atoms with van der Waals surface area (Å²) in [4.78, 5) is 15.6. The average Bonchev–Trinajstić information content (AvgIpc) is 2.70. The van der Waals surface area contributed by atoms with E-state index in [4.69, 9.17) is 5.73 Å². The van der Waals surface area contributed by atoms with Crippen molar-refractivity contribution in [1.29, 1.82) is 0 Å². The second kappa shape index (κ2) is 4.08. The van der Waals surface area contributed by atoms with Crippen molar-refractivity contribution >= 4 is 5.82 Å². The van der Waals surface area contributed by atoms with Gasteiger partial charge in [0, 0.05) is 24.2 Å². The molecule has 0 spiro atoms. The van der Waals surface area contributed by atoms with Gasteiger partial charge in [-0.3, -0.25) is 0 Å². The Bertz CT molecular complexity index is 435. The highest BCUT2D eigenvalue weighted by molar-refractivity contribution is 5.47. The molecule has 0 unspecified atom stereocenters. The minimum Gasteiger partial charge on any atom is -0.384 e. The standard InChI is InChI=1S/C10H13N5/c1-2-3-7-6-8(11)15-10(14-7)9-12-4-5-13-9/h4-6H,2-3H2,1H3,(H,12,13)(H2,11,14,15). The Morgan fingerprint density at radius 2 is 2.27 bits per heavy atom. The Hall–Kier alpha value is -1.91. The van der Waals surface area contributed by atoms with Gasteiger partial charge in [-0.15, -0.1) is 0 Å². The summed E-state index contributed by atoms with van der Waals surface area (Å²) in [7, 11) is 0. The quantitative estimate of drug-likeness (QED) is 0.790. The summed E-state index contributed by atoms with van der Waals surface area (Å²) in [6.07, 6.45) is 5.34. The van der Waals surface area contributed by atoms with Crippen LogP contribution >= 0.6 is 0 Å². The molecule has 3 N–H and O–H groups in total. The molecule has 2 aromatic rings. The Kier molecular flexibility index (Phi) is 2.62. The van der Waals surface area contributed by atoms with E-state index in [0.717, 1.165) is 18.5 Å². The smallest absolute Gasteiger partial charge is 0.197 e. The van der Waals surface area contributed by atoms with E-state index in [1.165, 1.54) is 0 Å². The fourth-order valence-corrected chi connectivity index (χ4v) is 1.40. The lowest BCUT2D eigenvalue weighted by Gasteiger charge is -2.02. The van der Waals surface area contributed by atoms with Gasteiger partial charge in [-0.1, -0.05) is 13.3 Å². The van der Waals surface area contributed by atoms with Gasteiger partial charge in [-0.05, 0) is 6.42 Å². The van der Waals surface area contributed by atoms with Crippen LogP contribution in [0.25, 0.3) is 11.6 Å². The van der Waals surface area contributed by atoms with Gasteiger partial charge in [0.25, 0.3) is 0 Å². The maximum Gasteiger partial charge on any atom is 0.197 e. The van der Waals surface area contributed by atoms with Gasteiger partial charge in [0.15, 0.2) is 11.6 Å². The number of nitrogens with two attached hydrogens (primary N) is 1. The van der Waals surface area contributed by atoms with E-state index in [2.05, 4.69) is 26.9 Å². The summed E-state index contributed by atoms with van der Waals surface area (Å²) in [5.41, 5.74) is 6.66. The van der Waals surface area contributed by atoms with Crippen molar-refractivity contribution < 1.29 is 0 Å². The van der Waals surface area contributed by atoms with E-state index in [0.29, 0.717) is 17.5 Å². The molecule has 0 aliphatic carbocycles. The normalized spacial score (nSPS) is 10.5. The van der Waals surface area contributed by atoms with E-state index in [9.17, 15) is 0 Å². The van der Waals surface area contributed by atoms with Crippen LogP contribution in [0.2, 0.25) is 0 Å². The molecule has 0 saturated carbocycles. The lowest BCUT2D eigenvalue weighted by Crippen LogP contribution is -2.01. The minimum atomic E-state index is 0.486. The van der Waals surface area contributed by atoms with Crippen molar-refractivity contribution in [3.8, 4) is 11.6 Å². The first-order chi connectivity index (χ1) is 7.29. The molecule has 2 heterocycles. The molecule has 2 rings (SSSR count). The third kappa shape index (κ3) is 2.12. The summed E-state index contributed by atoms with van der Waals surface area (Å²) in [5.74, 6) is 1.70. The van der Waals surface area contributed by atoms with Crippen LogP contribution in [-0.2, 0) is 6.42 Å². The van der Waals surface area contributed by atoms with E-state index in [1.807, 2.05) is 0 Å². The second-order valence-corrected chi connectivity index (χ2v) is 3.30. The Morgan fingerprint density at radius 1 is 1.40 bits per heavy atom. The lowest BCUT2D eigenvalue weighted by atomic mass is 10.2. The fourth-order valence-electron chi connectivity index (χ4n) is 1.40. The number of nitrogens with zero attached hydrogens (tertiary/aromatic N) is 3. The number of rotatable bonds is 3. The number of aromatic amines is 1. The molecule has 0 radical (unpaired) electrons. The number of nitrogens with one attached hydrogen (secondary N) is 1. The predicted molar refractivity (Wildman–Crippen MR) is 58.0 cm³/mol. The SMILES string of the molecule is CCCc1cc(N)nc(-c2ncc[nH]2)n1. The van der Waals surface area contributed by atoms with Crippen molar-refractivity contribution in [2.75, 3.05) is 5.73 Å². The molecule has 0 aromatic carbocycles. The van der Waals surface area contributed by atoms with E-state index in [1.54, 1.807) is 18.5 Å². The van der Waals surface area contributed by atoms with E-state index >= 15 is 0 Å².